The largest absolute Gasteiger partial charge is 0.488 e. The summed E-state index contributed by atoms with van der Waals surface area (Å²) >= 11 is 0. The van der Waals surface area contributed by atoms with E-state index in [0.29, 0.717) is 22.6 Å². The highest BCUT2D eigenvalue weighted by Gasteiger charge is 2.19. The lowest BCUT2D eigenvalue weighted by atomic mass is 10.1. The Hall–Kier alpha value is -3.72. The van der Waals surface area contributed by atoms with Crippen molar-refractivity contribution in [1.29, 1.82) is 0 Å². The van der Waals surface area contributed by atoms with Gasteiger partial charge in [-0.05, 0) is 56.3 Å². The first kappa shape index (κ1) is 18.3. The molecule has 2 aromatic heterocycles. The summed E-state index contributed by atoms with van der Waals surface area (Å²) in [5, 5.41) is 24.6. The van der Waals surface area contributed by atoms with Crippen molar-refractivity contribution in [2.24, 2.45) is 0 Å². The standard InChI is InChI=1S/C21H20N6O3/c28-20(29)13-7-14-10-23-21(25-15-2-1-12-11-24-27-17(12)9-15)26-19(14)18(8-13)30-16-3-5-22-6-4-16/h1-2,7-11,16,22H,3-6H2,(H,24,27)(H,28,29)(H,23,25,26). The Morgan fingerprint density at radius 1 is 1.13 bits per heavy atom. The molecule has 4 N–H and O–H groups in total. The number of piperidine rings is 1. The number of ether oxygens (including phenoxy) is 1. The lowest BCUT2D eigenvalue weighted by Gasteiger charge is -2.24. The van der Waals surface area contributed by atoms with E-state index >= 15 is 0 Å². The first-order chi connectivity index (χ1) is 14.7. The molecule has 1 aliphatic heterocycles. The third kappa shape index (κ3) is 3.62. The van der Waals surface area contributed by atoms with Crippen molar-refractivity contribution in [3.05, 3.63) is 48.3 Å². The van der Waals surface area contributed by atoms with E-state index in [9.17, 15) is 9.90 Å². The van der Waals surface area contributed by atoms with Gasteiger partial charge < -0.3 is 20.5 Å². The van der Waals surface area contributed by atoms with Crippen molar-refractivity contribution in [3.63, 3.8) is 0 Å². The summed E-state index contributed by atoms with van der Waals surface area (Å²) in [6.07, 6.45) is 5.11. The van der Waals surface area contributed by atoms with Gasteiger partial charge in [-0.15, -0.1) is 0 Å². The molecule has 0 saturated carbocycles. The van der Waals surface area contributed by atoms with E-state index in [2.05, 4.69) is 30.8 Å². The van der Waals surface area contributed by atoms with Gasteiger partial charge in [-0.2, -0.15) is 5.10 Å². The zero-order valence-electron chi connectivity index (χ0n) is 16.1. The lowest BCUT2D eigenvalue weighted by molar-refractivity contribution is 0.0696. The predicted octanol–water partition coefficient (Wildman–Crippen LogP) is 3.08. The van der Waals surface area contributed by atoms with Crippen molar-refractivity contribution in [2.45, 2.75) is 18.9 Å². The molecule has 0 unspecified atom stereocenters. The molecule has 0 aliphatic carbocycles. The van der Waals surface area contributed by atoms with Gasteiger partial charge in [0, 0.05) is 22.7 Å². The molecule has 1 fully saturated rings. The van der Waals surface area contributed by atoms with Crippen molar-refractivity contribution in [2.75, 3.05) is 18.4 Å². The highest BCUT2D eigenvalue weighted by Crippen LogP contribution is 2.29. The zero-order valence-corrected chi connectivity index (χ0v) is 16.1. The molecule has 0 radical (unpaired) electrons. The zero-order chi connectivity index (χ0) is 20.5. The molecule has 0 spiro atoms. The highest BCUT2D eigenvalue weighted by atomic mass is 16.5. The average molecular weight is 404 g/mol. The summed E-state index contributed by atoms with van der Waals surface area (Å²) in [6.45, 7) is 1.75. The van der Waals surface area contributed by atoms with Crippen molar-refractivity contribution in [3.8, 4) is 5.75 Å². The minimum absolute atomic E-state index is 0.0210. The number of aromatic nitrogens is 4. The number of benzene rings is 2. The lowest BCUT2D eigenvalue weighted by Crippen LogP contribution is -2.34. The maximum Gasteiger partial charge on any atom is 0.335 e. The summed E-state index contributed by atoms with van der Waals surface area (Å²) in [7, 11) is 0. The third-order valence-corrected chi connectivity index (χ3v) is 5.17. The van der Waals surface area contributed by atoms with E-state index in [1.807, 2.05) is 18.2 Å². The van der Waals surface area contributed by atoms with Crippen LogP contribution in [0, 0.1) is 0 Å². The van der Waals surface area contributed by atoms with Crippen LogP contribution in [0.1, 0.15) is 23.2 Å². The van der Waals surface area contributed by atoms with Crippen LogP contribution >= 0.6 is 0 Å². The van der Waals surface area contributed by atoms with Crippen LogP contribution < -0.4 is 15.4 Å². The Morgan fingerprint density at radius 2 is 2.00 bits per heavy atom. The van der Waals surface area contributed by atoms with Crippen molar-refractivity contribution in [1.82, 2.24) is 25.5 Å². The first-order valence-corrected chi connectivity index (χ1v) is 9.77. The molecule has 9 heteroatoms. The molecule has 0 amide bonds. The Labute approximate surface area is 171 Å². The number of H-pyrrole nitrogens is 1. The van der Waals surface area contributed by atoms with Gasteiger partial charge in [-0.3, -0.25) is 5.10 Å². The molecular formula is C21H20N6O3. The van der Waals surface area contributed by atoms with Crippen LogP contribution in [0.3, 0.4) is 0 Å². The second kappa shape index (κ2) is 7.60. The number of carboxylic acid groups (broad SMARTS) is 1. The predicted molar refractivity (Wildman–Crippen MR) is 112 cm³/mol. The summed E-state index contributed by atoms with van der Waals surface area (Å²) in [5.74, 6) is -0.145. The third-order valence-electron chi connectivity index (χ3n) is 5.17. The van der Waals surface area contributed by atoms with Crippen molar-refractivity contribution < 1.29 is 14.6 Å². The Bertz CT molecular complexity index is 1230. The van der Waals surface area contributed by atoms with Crippen molar-refractivity contribution >= 4 is 39.4 Å². The van der Waals surface area contributed by atoms with E-state index in [0.717, 1.165) is 42.5 Å². The molecule has 30 heavy (non-hydrogen) atoms. The van der Waals surface area contributed by atoms with Crippen LogP contribution in [-0.2, 0) is 0 Å². The van der Waals surface area contributed by atoms with Gasteiger partial charge >= 0.3 is 5.97 Å². The summed E-state index contributed by atoms with van der Waals surface area (Å²) in [6, 6.07) is 8.90. The van der Waals surface area contributed by atoms with Gasteiger partial charge in [0.2, 0.25) is 5.95 Å². The highest BCUT2D eigenvalue weighted by molar-refractivity contribution is 5.96. The Balaban J connectivity index is 1.51. The molecular weight excluding hydrogens is 384 g/mol. The SMILES string of the molecule is O=C(O)c1cc(OC2CCNCC2)c2nc(Nc3ccc4cn[nH]c4c3)ncc2c1. The fraction of sp³-hybridized carbons (Fsp3) is 0.238. The van der Waals surface area contributed by atoms with E-state index in [4.69, 9.17) is 4.74 Å². The van der Waals surface area contributed by atoms with Crippen LogP contribution in [0.5, 0.6) is 5.75 Å². The number of carboxylic acids is 1. The first-order valence-electron chi connectivity index (χ1n) is 9.77. The molecule has 1 saturated heterocycles. The molecule has 0 bridgehead atoms. The van der Waals surface area contributed by atoms with Crippen LogP contribution in [0.4, 0.5) is 11.6 Å². The fourth-order valence-electron chi connectivity index (χ4n) is 3.62. The van der Waals surface area contributed by atoms with Gasteiger partial charge in [-0.1, -0.05) is 0 Å². The molecule has 2 aromatic carbocycles. The molecule has 9 nitrogen and oxygen atoms in total. The molecule has 5 rings (SSSR count). The topological polar surface area (TPSA) is 125 Å². The van der Waals surface area contributed by atoms with E-state index in [1.54, 1.807) is 24.5 Å². The number of aromatic carboxylic acids is 1. The van der Waals surface area contributed by atoms with E-state index in [-0.39, 0.29) is 11.7 Å². The minimum Gasteiger partial charge on any atom is -0.488 e. The number of hydrogen-bond donors (Lipinski definition) is 4. The van der Waals surface area contributed by atoms with Gasteiger partial charge in [0.15, 0.2) is 0 Å². The van der Waals surface area contributed by atoms with Crippen LogP contribution in [0.2, 0.25) is 0 Å². The number of carbonyl (C=O) groups is 1. The summed E-state index contributed by atoms with van der Waals surface area (Å²) < 4.78 is 6.18. The quantitative estimate of drug-likeness (QED) is 0.400. The maximum absolute atomic E-state index is 11.6. The smallest absolute Gasteiger partial charge is 0.335 e. The number of nitrogens with zero attached hydrogens (tertiary/aromatic N) is 3. The normalized spacial score (nSPS) is 14.8. The van der Waals surface area contributed by atoms with Gasteiger partial charge in [0.05, 0.1) is 17.3 Å². The number of fused-ring (bicyclic) bond motifs is 2. The molecule has 0 atom stereocenters. The molecule has 152 valence electrons. The second-order valence-corrected chi connectivity index (χ2v) is 7.28. The van der Waals surface area contributed by atoms with Gasteiger partial charge in [-0.25, -0.2) is 14.8 Å². The van der Waals surface area contributed by atoms with E-state index < -0.39 is 5.97 Å². The fourth-order valence-corrected chi connectivity index (χ4v) is 3.62. The molecule has 3 heterocycles. The second-order valence-electron chi connectivity index (χ2n) is 7.28. The Kier molecular flexibility index (Phi) is 4.64. The number of aromatic amines is 1. The average Bonchev–Trinajstić information content (AvgIpc) is 3.22. The van der Waals surface area contributed by atoms with Gasteiger partial charge in [0.1, 0.15) is 17.4 Å². The number of rotatable bonds is 5. The summed E-state index contributed by atoms with van der Waals surface area (Å²) in [5.41, 5.74) is 2.45. The molecule has 1 aliphatic rings. The minimum atomic E-state index is -1.01. The summed E-state index contributed by atoms with van der Waals surface area (Å²) in [4.78, 5) is 20.5. The number of anilines is 2. The van der Waals surface area contributed by atoms with Gasteiger partial charge in [0.25, 0.3) is 0 Å². The Morgan fingerprint density at radius 3 is 2.83 bits per heavy atom. The number of hydrogen-bond acceptors (Lipinski definition) is 7. The molecule has 4 aromatic rings. The maximum atomic E-state index is 11.6. The number of nitrogens with one attached hydrogen (secondary N) is 3. The monoisotopic (exact) mass is 404 g/mol. The van der Waals surface area contributed by atoms with Crippen LogP contribution in [0.15, 0.2) is 42.7 Å². The van der Waals surface area contributed by atoms with Crippen LogP contribution in [0.25, 0.3) is 21.8 Å². The van der Waals surface area contributed by atoms with E-state index in [1.165, 1.54) is 0 Å². The van der Waals surface area contributed by atoms with Crippen LogP contribution in [-0.4, -0.2) is 50.4 Å².